The van der Waals surface area contributed by atoms with Crippen molar-refractivity contribution in [3.63, 3.8) is 0 Å². The average Bonchev–Trinajstić information content (AvgIpc) is 2.31. The van der Waals surface area contributed by atoms with E-state index >= 15 is 0 Å². The van der Waals surface area contributed by atoms with Crippen LogP contribution in [0.25, 0.3) is 0 Å². The van der Waals surface area contributed by atoms with E-state index in [0.29, 0.717) is 0 Å². The molecule has 2 aromatic carbocycles. The molecule has 0 saturated heterocycles. The fourth-order valence-corrected chi connectivity index (χ4v) is 1.46. The van der Waals surface area contributed by atoms with Gasteiger partial charge in [0.1, 0.15) is 6.17 Å². The third-order valence-corrected chi connectivity index (χ3v) is 2.25. The van der Waals surface area contributed by atoms with Gasteiger partial charge in [0.2, 0.25) is 0 Å². The van der Waals surface area contributed by atoms with Crippen LogP contribution in [0.15, 0.2) is 60.7 Å². The first-order valence-corrected chi connectivity index (χ1v) is 4.98. The fourth-order valence-electron chi connectivity index (χ4n) is 1.46. The molecule has 0 bridgehead atoms. The van der Waals surface area contributed by atoms with Gasteiger partial charge < -0.3 is 11.1 Å². The van der Waals surface area contributed by atoms with Crippen molar-refractivity contribution in [3.05, 3.63) is 66.2 Å². The summed E-state index contributed by atoms with van der Waals surface area (Å²) in [6.45, 7) is 0. The number of benzene rings is 2. The lowest BCUT2D eigenvalue weighted by atomic mass is 10.2. The van der Waals surface area contributed by atoms with Gasteiger partial charge in [0.05, 0.1) is 0 Å². The second kappa shape index (κ2) is 4.62. The molecule has 1 unspecified atom stereocenters. The Hall–Kier alpha value is -1.80. The highest BCUT2D eigenvalue weighted by atomic mass is 15.0. The molecule has 0 aliphatic carbocycles. The summed E-state index contributed by atoms with van der Waals surface area (Å²) in [6.07, 6.45) is -0.159. The normalized spacial score (nSPS) is 12.1. The Labute approximate surface area is 89.7 Å². The number of hydrogen-bond acceptors (Lipinski definition) is 2. The second-order valence-corrected chi connectivity index (χ2v) is 3.40. The van der Waals surface area contributed by atoms with E-state index < -0.39 is 0 Å². The Morgan fingerprint density at radius 2 is 1.33 bits per heavy atom. The Kier molecular flexibility index (Phi) is 3.00. The lowest BCUT2D eigenvalue weighted by molar-refractivity contribution is 0.836. The first-order valence-electron chi connectivity index (χ1n) is 4.98. The molecular weight excluding hydrogens is 184 g/mol. The minimum absolute atomic E-state index is 0.159. The first-order chi connectivity index (χ1) is 7.36. The standard InChI is InChI=1S/C13H14N2/c14-13(11-7-3-1-4-8-11)15-12-9-5-2-6-10-12/h1-10,13,15H,14H2. The predicted octanol–water partition coefficient (Wildman–Crippen LogP) is 2.76. The molecule has 76 valence electrons. The zero-order valence-corrected chi connectivity index (χ0v) is 8.43. The predicted molar refractivity (Wildman–Crippen MR) is 63.4 cm³/mol. The summed E-state index contributed by atoms with van der Waals surface area (Å²) in [5.41, 5.74) is 8.14. The van der Waals surface area contributed by atoms with Gasteiger partial charge in [0, 0.05) is 5.69 Å². The number of para-hydroxylation sites is 1. The monoisotopic (exact) mass is 198 g/mol. The van der Waals surface area contributed by atoms with Crippen molar-refractivity contribution in [2.45, 2.75) is 6.17 Å². The van der Waals surface area contributed by atoms with Gasteiger partial charge in [-0.05, 0) is 17.7 Å². The number of anilines is 1. The van der Waals surface area contributed by atoms with E-state index in [4.69, 9.17) is 5.73 Å². The maximum Gasteiger partial charge on any atom is 0.101 e. The summed E-state index contributed by atoms with van der Waals surface area (Å²) < 4.78 is 0. The van der Waals surface area contributed by atoms with Crippen molar-refractivity contribution in [1.29, 1.82) is 0 Å². The van der Waals surface area contributed by atoms with Crippen LogP contribution in [0, 0.1) is 0 Å². The SMILES string of the molecule is NC(Nc1ccccc1)c1ccccc1. The third-order valence-electron chi connectivity index (χ3n) is 2.25. The number of hydrogen-bond donors (Lipinski definition) is 2. The van der Waals surface area contributed by atoms with E-state index in [1.54, 1.807) is 0 Å². The molecule has 15 heavy (non-hydrogen) atoms. The van der Waals surface area contributed by atoms with E-state index in [1.165, 1.54) is 0 Å². The summed E-state index contributed by atoms with van der Waals surface area (Å²) in [4.78, 5) is 0. The molecule has 2 rings (SSSR count). The van der Waals surface area contributed by atoms with E-state index in [-0.39, 0.29) is 6.17 Å². The largest absolute Gasteiger partial charge is 0.366 e. The van der Waals surface area contributed by atoms with Crippen molar-refractivity contribution in [2.75, 3.05) is 5.32 Å². The van der Waals surface area contributed by atoms with E-state index in [0.717, 1.165) is 11.3 Å². The van der Waals surface area contributed by atoms with Crippen molar-refractivity contribution in [2.24, 2.45) is 5.73 Å². The molecule has 2 nitrogen and oxygen atoms in total. The molecule has 0 aliphatic rings. The minimum Gasteiger partial charge on any atom is -0.366 e. The molecule has 1 atom stereocenters. The Morgan fingerprint density at radius 1 is 0.800 bits per heavy atom. The number of nitrogens with one attached hydrogen (secondary N) is 1. The van der Waals surface area contributed by atoms with E-state index in [2.05, 4.69) is 5.32 Å². The van der Waals surface area contributed by atoms with Gasteiger partial charge >= 0.3 is 0 Å². The van der Waals surface area contributed by atoms with Crippen molar-refractivity contribution >= 4 is 5.69 Å². The van der Waals surface area contributed by atoms with Crippen LogP contribution in [0.4, 0.5) is 5.69 Å². The lowest BCUT2D eigenvalue weighted by Crippen LogP contribution is -2.19. The van der Waals surface area contributed by atoms with Gasteiger partial charge in [-0.3, -0.25) is 0 Å². The molecule has 0 aromatic heterocycles. The molecule has 3 N–H and O–H groups in total. The van der Waals surface area contributed by atoms with Gasteiger partial charge in [-0.1, -0.05) is 48.5 Å². The molecular formula is C13H14N2. The quantitative estimate of drug-likeness (QED) is 0.744. The molecule has 0 radical (unpaired) electrons. The number of nitrogens with two attached hydrogens (primary N) is 1. The highest BCUT2D eigenvalue weighted by Crippen LogP contribution is 2.14. The Morgan fingerprint density at radius 3 is 1.93 bits per heavy atom. The average molecular weight is 198 g/mol. The lowest BCUT2D eigenvalue weighted by Gasteiger charge is -2.15. The van der Waals surface area contributed by atoms with Gasteiger partial charge in [0.25, 0.3) is 0 Å². The summed E-state index contributed by atoms with van der Waals surface area (Å²) >= 11 is 0. The van der Waals surface area contributed by atoms with Crippen LogP contribution in [0.2, 0.25) is 0 Å². The third kappa shape index (κ3) is 2.58. The zero-order valence-electron chi connectivity index (χ0n) is 8.43. The Bertz CT molecular complexity index is 397. The van der Waals surface area contributed by atoms with Gasteiger partial charge in [-0.2, -0.15) is 0 Å². The van der Waals surface area contributed by atoms with Crippen LogP contribution in [-0.2, 0) is 0 Å². The smallest absolute Gasteiger partial charge is 0.101 e. The van der Waals surface area contributed by atoms with Crippen molar-refractivity contribution in [1.82, 2.24) is 0 Å². The van der Waals surface area contributed by atoms with Crippen LogP contribution in [0.1, 0.15) is 11.7 Å². The van der Waals surface area contributed by atoms with Crippen LogP contribution < -0.4 is 11.1 Å². The summed E-state index contributed by atoms with van der Waals surface area (Å²) in [5, 5.41) is 3.24. The van der Waals surface area contributed by atoms with E-state index in [9.17, 15) is 0 Å². The fraction of sp³-hybridized carbons (Fsp3) is 0.0769. The Balaban J connectivity index is 2.08. The van der Waals surface area contributed by atoms with Crippen molar-refractivity contribution < 1.29 is 0 Å². The summed E-state index contributed by atoms with van der Waals surface area (Å²) in [6, 6.07) is 20.0. The van der Waals surface area contributed by atoms with Gasteiger partial charge in [-0.15, -0.1) is 0 Å². The van der Waals surface area contributed by atoms with Crippen LogP contribution in [0.3, 0.4) is 0 Å². The molecule has 0 fully saturated rings. The molecule has 0 aliphatic heterocycles. The highest BCUT2D eigenvalue weighted by molar-refractivity contribution is 5.44. The second-order valence-electron chi connectivity index (χ2n) is 3.40. The maximum absolute atomic E-state index is 6.02. The van der Waals surface area contributed by atoms with Gasteiger partial charge in [-0.25, -0.2) is 0 Å². The van der Waals surface area contributed by atoms with E-state index in [1.807, 2.05) is 60.7 Å². The zero-order chi connectivity index (χ0) is 10.5. The van der Waals surface area contributed by atoms with Crippen LogP contribution >= 0.6 is 0 Å². The molecule has 0 heterocycles. The summed E-state index contributed by atoms with van der Waals surface area (Å²) in [5.74, 6) is 0. The van der Waals surface area contributed by atoms with Crippen LogP contribution in [-0.4, -0.2) is 0 Å². The van der Waals surface area contributed by atoms with Crippen LogP contribution in [0.5, 0.6) is 0 Å². The highest BCUT2D eigenvalue weighted by Gasteiger charge is 2.03. The van der Waals surface area contributed by atoms with Gasteiger partial charge in [0.15, 0.2) is 0 Å². The molecule has 0 amide bonds. The first kappa shape index (κ1) is 9.74. The molecule has 2 heteroatoms. The maximum atomic E-state index is 6.02. The molecule has 2 aromatic rings. The molecule has 0 spiro atoms. The number of rotatable bonds is 3. The molecule has 0 saturated carbocycles. The topological polar surface area (TPSA) is 38.0 Å². The van der Waals surface area contributed by atoms with Crippen molar-refractivity contribution in [3.8, 4) is 0 Å². The summed E-state index contributed by atoms with van der Waals surface area (Å²) in [7, 11) is 0. The minimum atomic E-state index is -0.159.